The highest BCUT2D eigenvalue weighted by atomic mass is 32.2. The van der Waals surface area contributed by atoms with Crippen LogP contribution >= 0.6 is 22.3 Å². The maximum Gasteiger partial charge on any atom is 0.216 e. The summed E-state index contributed by atoms with van der Waals surface area (Å²) in [7, 11) is -1.09. The number of aromatic nitrogens is 1. The van der Waals surface area contributed by atoms with E-state index in [2.05, 4.69) is 4.37 Å². The zero-order chi connectivity index (χ0) is 6.27. The van der Waals surface area contributed by atoms with Gasteiger partial charge in [0.25, 0.3) is 0 Å². The van der Waals surface area contributed by atoms with Crippen LogP contribution in [0.3, 0.4) is 0 Å². The van der Waals surface area contributed by atoms with Crippen LogP contribution in [0.15, 0.2) is 17.6 Å². The van der Waals surface area contributed by atoms with Crippen LogP contribution in [0.1, 0.15) is 0 Å². The van der Waals surface area contributed by atoms with E-state index in [1.54, 1.807) is 17.5 Å². The van der Waals surface area contributed by atoms with Gasteiger partial charge in [-0.3, -0.25) is 0 Å². The number of hydrogen-bond donors (Lipinski definition) is 0. The van der Waals surface area contributed by atoms with Gasteiger partial charge in [-0.25, -0.2) is 0 Å². The van der Waals surface area contributed by atoms with Crippen LogP contribution in [-0.2, 0) is 0 Å². The van der Waals surface area contributed by atoms with Crippen LogP contribution in [0.25, 0.3) is 9.40 Å². The maximum atomic E-state index is 10.8. The van der Waals surface area contributed by atoms with Gasteiger partial charge in [0, 0.05) is 6.07 Å². The zero-order valence-corrected chi connectivity index (χ0v) is 6.04. The molecule has 1 unspecified atom stereocenters. The van der Waals surface area contributed by atoms with Gasteiger partial charge in [-0.15, -0.1) is 11.3 Å². The van der Waals surface area contributed by atoms with Crippen molar-refractivity contribution in [2.75, 3.05) is 0 Å². The van der Waals surface area contributed by atoms with Crippen LogP contribution in [-0.4, -0.2) is 8.93 Å². The van der Waals surface area contributed by atoms with Crippen molar-refractivity contribution in [3.8, 4) is 0 Å². The van der Waals surface area contributed by atoms with E-state index in [-0.39, 0.29) is 0 Å². The highest BCUT2D eigenvalue weighted by Crippen LogP contribution is 2.28. The average molecular weight is 157 g/mol. The maximum absolute atomic E-state index is 10.8. The Morgan fingerprint density at radius 2 is 2.56 bits per heavy atom. The molecule has 0 aromatic carbocycles. The predicted octanol–water partition coefficient (Wildman–Crippen LogP) is 2.02. The minimum Gasteiger partial charge on any atom is -0.568 e. The largest absolute Gasteiger partial charge is 0.568 e. The van der Waals surface area contributed by atoms with E-state index < -0.39 is 10.9 Å². The second-order valence-corrected chi connectivity index (χ2v) is 3.73. The molecule has 0 fully saturated rings. The Morgan fingerprint density at radius 1 is 1.67 bits per heavy atom. The number of nitrogens with zero attached hydrogens (tertiary/aromatic N) is 1. The average Bonchev–Trinajstić information content (AvgIpc) is 2.35. The molecule has 0 saturated heterocycles. The third-order valence-corrected chi connectivity index (χ3v) is 3.12. The molecule has 0 amide bonds. The first-order valence-electron chi connectivity index (χ1n) is 2.41. The summed E-state index contributed by atoms with van der Waals surface area (Å²) in [4.78, 5) is 0. The fourth-order valence-corrected chi connectivity index (χ4v) is 2.58. The summed E-state index contributed by atoms with van der Waals surface area (Å²) < 4.78 is 16.5. The third kappa shape index (κ3) is 0.676. The molecule has 2 aromatic heterocycles. The first-order chi connectivity index (χ1) is 4.38. The highest BCUT2D eigenvalue weighted by Gasteiger charge is 2.05. The summed E-state index contributed by atoms with van der Waals surface area (Å²) in [6.07, 6.45) is 1.66. The van der Waals surface area contributed by atoms with Crippen LogP contribution in [0.5, 0.6) is 0 Å². The van der Waals surface area contributed by atoms with Crippen molar-refractivity contribution in [1.29, 1.82) is 0 Å². The molecular weight excluding hydrogens is 154 g/mol. The van der Waals surface area contributed by atoms with E-state index in [1.165, 1.54) is 0 Å². The number of hydrogen-bond acceptors (Lipinski definition) is 3. The topological polar surface area (TPSA) is 36.0 Å². The van der Waals surface area contributed by atoms with E-state index in [4.69, 9.17) is 0 Å². The molecule has 2 heterocycles. The number of rotatable bonds is 0. The molecule has 2 aromatic rings. The molecule has 2 nitrogen and oxygen atoms in total. The molecule has 0 saturated carbocycles. The minimum absolute atomic E-state index is 0.861. The van der Waals surface area contributed by atoms with E-state index in [0.29, 0.717) is 0 Å². The molecule has 0 aliphatic heterocycles. The fourth-order valence-electron chi connectivity index (χ4n) is 0.700. The lowest BCUT2D eigenvalue weighted by atomic mass is 10.6. The number of thiophene rings is 1. The Balaban J connectivity index is 2.99. The second kappa shape index (κ2) is 1.76. The van der Waals surface area contributed by atoms with Crippen LogP contribution < -0.4 is 0 Å². The van der Waals surface area contributed by atoms with Crippen molar-refractivity contribution in [2.45, 2.75) is 0 Å². The molecule has 0 radical (unpaired) electrons. The Morgan fingerprint density at radius 3 is 3.33 bits per heavy atom. The van der Waals surface area contributed by atoms with Gasteiger partial charge >= 0.3 is 0 Å². The molecule has 0 spiro atoms. The van der Waals surface area contributed by atoms with Gasteiger partial charge in [0.15, 0.2) is 0 Å². The fraction of sp³-hybridized carbons (Fsp3) is 0. The standard InChI is InChI=1S/C5H3NOS2/c7-9-5-1-2-8-4(5)3-6-9/h1-3H. The summed E-state index contributed by atoms with van der Waals surface area (Å²) in [5.41, 5.74) is 0. The molecule has 46 valence electrons. The summed E-state index contributed by atoms with van der Waals surface area (Å²) >= 11 is 1.57. The SMILES string of the molecule is [O-][s+]1ncc2sccc21. The van der Waals surface area contributed by atoms with Gasteiger partial charge in [0.1, 0.15) is 10.9 Å². The van der Waals surface area contributed by atoms with Crippen molar-refractivity contribution in [3.05, 3.63) is 17.6 Å². The van der Waals surface area contributed by atoms with Gasteiger partial charge in [-0.1, -0.05) is 0 Å². The quantitative estimate of drug-likeness (QED) is 0.548. The Kier molecular flexibility index (Phi) is 1.05. The second-order valence-electron chi connectivity index (χ2n) is 1.63. The van der Waals surface area contributed by atoms with Crippen molar-refractivity contribution in [1.82, 2.24) is 4.37 Å². The van der Waals surface area contributed by atoms with Crippen molar-refractivity contribution >= 4 is 31.7 Å². The van der Waals surface area contributed by atoms with Gasteiger partial charge in [-0.05, 0) is 9.75 Å². The van der Waals surface area contributed by atoms with Crippen LogP contribution in [0, 0.1) is 0 Å². The first kappa shape index (κ1) is 5.34. The lowest BCUT2D eigenvalue weighted by molar-refractivity contribution is 0.593. The van der Waals surface area contributed by atoms with Gasteiger partial charge in [0.2, 0.25) is 4.70 Å². The highest BCUT2D eigenvalue weighted by molar-refractivity contribution is 7.31. The molecule has 0 aliphatic rings. The molecule has 4 heteroatoms. The molecule has 9 heavy (non-hydrogen) atoms. The van der Waals surface area contributed by atoms with E-state index in [1.807, 2.05) is 11.4 Å². The molecule has 2 rings (SSSR count). The smallest absolute Gasteiger partial charge is 0.216 e. The van der Waals surface area contributed by atoms with Gasteiger partial charge in [0.05, 0.1) is 10.9 Å². The molecular formula is C5H3NOS2. The Labute approximate surface area is 58.7 Å². The zero-order valence-electron chi connectivity index (χ0n) is 4.40. The Bertz CT molecular complexity index is 324. The van der Waals surface area contributed by atoms with Gasteiger partial charge < -0.3 is 4.55 Å². The minimum atomic E-state index is -1.09. The third-order valence-electron chi connectivity index (χ3n) is 1.11. The first-order valence-corrected chi connectivity index (χ1v) is 4.40. The van der Waals surface area contributed by atoms with Crippen molar-refractivity contribution in [2.24, 2.45) is 0 Å². The van der Waals surface area contributed by atoms with Crippen molar-refractivity contribution < 1.29 is 4.55 Å². The lowest BCUT2D eigenvalue weighted by Gasteiger charge is -1.76. The predicted molar refractivity (Wildman–Crippen MR) is 38.3 cm³/mol. The van der Waals surface area contributed by atoms with E-state index >= 15 is 0 Å². The summed E-state index contributed by atoms with van der Waals surface area (Å²) in [5.74, 6) is 0. The van der Waals surface area contributed by atoms with Gasteiger partial charge in [-0.2, -0.15) is 0 Å². The molecule has 0 bridgehead atoms. The van der Waals surface area contributed by atoms with Crippen LogP contribution in [0.2, 0.25) is 0 Å². The Hall–Kier alpha value is -0.450. The summed E-state index contributed by atoms with van der Waals surface area (Å²) in [6.45, 7) is 0. The van der Waals surface area contributed by atoms with Crippen molar-refractivity contribution in [3.63, 3.8) is 0 Å². The van der Waals surface area contributed by atoms with Crippen LogP contribution in [0.4, 0.5) is 0 Å². The van der Waals surface area contributed by atoms with E-state index in [0.717, 1.165) is 9.40 Å². The van der Waals surface area contributed by atoms with E-state index in [9.17, 15) is 4.55 Å². The molecule has 1 atom stereocenters. The molecule has 0 N–H and O–H groups in total. The summed E-state index contributed by atoms with van der Waals surface area (Å²) in [5, 5.41) is 1.92. The molecule has 0 aliphatic carbocycles. The summed E-state index contributed by atoms with van der Waals surface area (Å²) in [6, 6.07) is 1.85. The lowest BCUT2D eigenvalue weighted by Crippen LogP contribution is -1.54. The number of fused-ring (bicyclic) bond motifs is 1. The monoisotopic (exact) mass is 157 g/mol. The normalized spacial score (nSPS) is 12.8.